The van der Waals surface area contributed by atoms with Crippen molar-refractivity contribution in [2.75, 3.05) is 14.1 Å². The lowest BCUT2D eigenvalue weighted by molar-refractivity contribution is -0.384. The van der Waals surface area contributed by atoms with Crippen molar-refractivity contribution in [3.63, 3.8) is 0 Å². The first-order chi connectivity index (χ1) is 10.8. The van der Waals surface area contributed by atoms with Crippen LogP contribution < -0.4 is 0 Å². The fourth-order valence-electron chi connectivity index (χ4n) is 1.84. The van der Waals surface area contributed by atoms with Crippen molar-refractivity contribution < 1.29 is 13.3 Å². The monoisotopic (exact) mass is 352 g/mol. The van der Waals surface area contributed by atoms with Gasteiger partial charge < -0.3 is 0 Å². The summed E-state index contributed by atoms with van der Waals surface area (Å²) in [5.41, 5.74) is 0.921. The minimum absolute atomic E-state index is 0.0495. The number of sulfonamides is 1. The topological polar surface area (TPSA) is 80.5 Å². The van der Waals surface area contributed by atoms with Crippen LogP contribution in [0.4, 0.5) is 5.69 Å². The molecule has 0 aliphatic heterocycles. The van der Waals surface area contributed by atoms with Crippen LogP contribution in [0.1, 0.15) is 5.56 Å². The largest absolute Gasteiger partial charge is 0.269 e. The van der Waals surface area contributed by atoms with Gasteiger partial charge in [0.15, 0.2) is 0 Å². The number of benzene rings is 2. The minimum atomic E-state index is -3.45. The molecule has 2 aromatic carbocycles. The molecular weight excluding hydrogens is 336 g/mol. The van der Waals surface area contributed by atoms with E-state index in [1.54, 1.807) is 30.3 Å². The summed E-state index contributed by atoms with van der Waals surface area (Å²) in [6.07, 6.45) is 0. The lowest BCUT2D eigenvalue weighted by atomic mass is 10.2. The Morgan fingerprint density at radius 2 is 1.78 bits per heavy atom. The zero-order chi connectivity index (χ0) is 17.0. The maximum absolute atomic E-state index is 12.1. The third-order valence-corrected chi connectivity index (χ3v) is 6.02. The summed E-state index contributed by atoms with van der Waals surface area (Å²) in [4.78, 5) is 11.3. The van der Waals surface area contributed by atoms with Crippen LogP contribution in [0.5, 0.6) is 0 Å². The van der Waals surface area contributed by atoms with Gasteiger partial charge in [0.1, 0.15) is 0 Å². The Kier molecular flexibility index (Phi) is 5.40. The van der Waals surface area contributed by atoms with Crippen LogP contribution in [0.3, 0.4) is 0 Å². The molecule has 0 saturated heterocycles. The SMILES string of the molecule is CN(C)S(=O)(=O)c1cccc(CSc2ccc([N+](=O)[O-])cc2)c1. The Morgan fingerprint density at radius 1 is 1.13 bits per heavy atom. The van der Waals surface area contributed by atoms with E-state index in [1.807, 2.05) is 6.07 Å². The summed E-state index contributed by atoms with van der Waals surface area (Å²) in [7, 11) is -0.461. The predicted molar refractivity (Wildman–Crippen MR) is 90.0 cm³/mol. The fourth-order valence-corrected chi connectivity index (χ4v) is 3.65. The summed E-state index contributed by atoms with van der Waals surface area (Å²) in [6, 6.07) is 13.1. The number of non-ortho nitro benzene ring substituents is 1. The van der Waals surface area contributed by atoms with E-state index in [0.29, 0.717) is 5.75 Å². The lowest BCUT2D eigenvalue weighted by Crippen LogP contribution is -2.22. The van der Waals surface area contributed by atoms with E-state index in [9.17, 15) is 18.5 Å². The van der Waals surface area contributed by atoms with E-state index >= 15 is 0 Å². The van der Waals surface area contributed by atoms with Gasteiger partial charge in [-0.05, 0) is 29.8 Å². The van der Waals surface area contributed by atoms with Crippen molar-refractivity contribution in [2.24, 2.45) is 0 Å². The average Bonchev–Trinajstić information content (AvgIpc) is 2.53. The molecule has 0 bridgehead atoms. The van der Waals surface area contributed by atoms with Crippen LogP contribution in [0, 0.1) is 10.1 Å². The van der Waals surface area contributed by atoms with Gasteiger partial charge in [0.2, 0.25) is 10.0 Å². The van der Waals surface area contributed by atoms with Crippen LogP contribution in [0.2, 0.25) is 0 Å². The molecule has 0 aliphatic carbocycles. The zero-order valence-electron chi connectivity index (χ0n) is 12.7. The van der Waals surface area contributed by atoms with E-state index in [4.69, 9.17) is 0 Å². The van der Waals surface area contributed by atoms with Gasteiger partial charge >= 0.3 is 0 Å². The molecule has 0 atom stereocenters. The molecule has 0 heterocycles. The highest BCUT2D eigenvalue weighted by Gasteiger charge is 2.17. The van der Waals surface area contributed by atoms with Gasteiger partial charge in [-0.2, -0.15) is 0 Å². The molecule has 0 aromatic heterocycles. The Bertz CT molecular complexity index is 802. The molecule has 0 amide bonds. The maximum atomic E-state index is 12.1. The quantitative estimate of drug-likeness (QED) is 0.453. The van der Waals surface area contributed by atoms with E-state index < -0.39 is 14.9 Å². The van der Waals surface area contributed by atoms with Gasteiger partial charge in [-0.25, -0.2) is 12.7 Å². The molecule has 0 saturated carbocycles. The summed E-state index contributed by atoms with van der Waals surface area (Å²) < 4.78 is 25.4. The van der Waals surface area contributed by atoms with Crippen molar-refractivity contribution in [1.82, 2.24) is 4.31 Å². The molecule has 2 rings (SSSR count). The highest BCUT2D eigenvalue weighted by atomic mass is 32.2. The normalized spacial score (nSPS) is 11.6. The summed E-state index contributed by atoms with van der Waals surface area (Å²) >= 11 is 1.49. The van der Waals surface area contributed by atoms with Gasteiger partial charge in [0.05, 0.1) is 9.82 Å². The lowest BCUT2D eigenvalue weighted by Gasteiger charge is -2.12. The number of nitro groups is 1. The molecule has 0 radical (unpaired) electrons. The number of thioether (sulfide) groups is 1. The first-order valence-electron chi connectivity index (χ1n) is 6.69. The minimum Gasteiger partial charge on any atom is -0.258 e. The highest BCUT2D eigenvalue weighted by Crippen LogP contribution is 2.26. The van der Waals surface area contributed by atoms with Crippen molar-refractivity contribution in [1.29, 1.82) is 0 Å². The van der Waals surface area contributed by atoms with E-state index in [0.717, 1.165) is 10.5 Å². The second-order valence-corrected chi connectivity index (χ2v) is 8.18. The Labute approximate surface area is 139 Å². The van der Waals surface area contributed by atoms with Gasteiger partial charge in [0.25, 0.3) is 5.69 Å². The molecule has 0 unspecified atom stereocenters. The molecule has 0 N–H and O–H groups in total. The average molecular weight is 352 g/mol. The van der Waals surface area contributed by atoms with E-state index in [-0.39, 0.29) is 10.6 Å². The first-order valence-corrected chi connectivity index (χ1v) is 9.12. The third kappa shape index (κ3) is 4.31. The molecule has 6 nitrogen and oxygen atoms in total. The van der Waals surface area contributed by atoms with Crippen molar-refractivity contribution in [3.05, 3.63) is 64.2 Å². The summed E-state index contributed by atoms with van der Waals surface area (Å²) in [5.74, 6) is 0.578. The van der Waals surface area contributed by atoms with Crippen LogP contribution in [-0.2, 0) is 15.8 Å². The van der Waals surface area contributed by atoms with Crippen LogP contribution >= 0.6 is 11.8 Å². The van der Waals surface area contributed by atoms with Crippen LogP contribution in [0.15, 0.2) is 58.3 Å². The second kappa shape index (κ2) is 7.12. The van der Waals surface area contributed by atoms with Crippen molar-refractivity contribution >= 4 is 27.5 Å². The Balaban J connectivity index is 2.11. The molecule has 23 heavy (non-hydrogen) atoms. The number of rotatable bonds is 6. The van der Waals surface area contributed by atoms with Gasteiger partial charge in [-0.3, -0.25) is 10.1 Å². The third-order valence-electron chi connectivity index (χ3n) is 3.13. The number of nitro benzene ring substituents is 1. The molecule has 122 valence electrons. The van der Waals surface area contributed by atoms with Gasteiger partial charge in [0, 0.05) is 36.9 Å². The Hall–Kier alpha value is -1.90. The smallest absolute Gasteiger partial charge is 0.258 e. The molecule has 0 spiro atoms. The fraction of sp³-hybridized carbons (Fsp3) is 0.200. The molecule has 2 aromatic rings. The van der Waals surface area contributed by atoms with Gasteiger partial charge in [-0.1, -0.05) is 12.1 Å². The number of nitrogens with zero attached hydrogens (tertiary/aromatic N) is 2. The first kappa shape index (κ1) is 17.5. The number of hydrogen-bond donors (Lipinski definition) is 0. The van der Waals surface area contributed by atoms with Crippen LogP contribution in [0.25, 0.3) is 0 Å². The van der Waals surface area contributed by atoms with Crippen molar-refractivity contribution in [3.8, 4) is 0 Å². The second-order valence-electron chi connectivity index (χ2n) is 4.97. The highest BCUT2D eigenvalue weighted by molar-refractivity contribution is 7.98. The van der Waals surface area contributed by atoms with E-state index in [1.165, 1.54) is 42.3 Å². The maximum Gasteiger partial charge on any atom is 0.269 e. The molecule has 0 aliphatic rings. The molecular formula is C15H16N2O4S2. The summed E-state index contributed by atoms with van der Waals surface area (Å²) in [6.45, 7) is 0. The predicted octanol–water partition coefficient (Wildman–Crippen LogP) is 3.14. The zero-order valence-corrected chi connectivity index (χ0v) is 14.3. The molecule has 8 heteroatoms. The van der Waals surface area contributed by atoms with Crippen LogP contribution in [-0.4, -0.2) is 31.7 Å². The Morgan fingerprint density at radius 3 is 2.35 bits per heavy atom. The summed E-state index contributed by atoms with van der Waals surface area (Å²) in [5, 5.41) is 10.6. The standard InChI is InChI=1S/C15H16N2O4S2/c1-16(2)23(20,21)15-5-3-4-12(10-15)11-22-14-8-6-13(7-9-14)17(18)19/h3-10H,11H2,1-2H3. The molecule has 0 fully saturated rings. The number of hydrogen-bond acceptors (Lipinski definition) is 5. The van der Waals surface area contributed by atoms with Crippen molar-refractivity contribution in [2.45, 2.75) is 15.5 Å². The van der Waals surface area contributed by atoms with Gasteiger partial charge in [-0.15, -0.1) is 11.8 Å². The van der Waals surface area contributed by atoms with E-state index in [2.05, 4.69) is 0 Å².